The van der Waals surface area contributed by atoms with Gasteiger partial charge < -0.3 is 10.1 Å². The minimum Gasteiger partial charge on any atom is -0.480 e. The van der Waals surface area contributed by atoms with E-state index in [-0.39, 0.29) is 0 Å². The minimum atomic E-state index is 0.392. The van der Waals surface area contributed by atoms with Gasteiger partial charge >= 0.3 is 0 Å². The highest BCUT2D eigenvalue weighted by Gasteiger charge is 2.02. The number of hydrogen-bond donors (Lipinski definition) is 1. The lowest BCUT2D eigenvalue weighted by Gasteiger charge is -2.11. The summed E-state index contributed by atoms with van der Waals surface area (Å²) in [6.07, 6.45) is 1.71. The van der Waals surface area contributed by atoms with Crippen LogP contribution in [0.25, 0.3) is 0 Å². The molecule has 1 N–H and O–H groups in total. The number of methoxy groups -OCH3 is 1. The predicted molar refractivity (Wildman–Crippen MR) is 49.5 cm³/mol. The molecule has 1 rings (SSSR count). The van der Waals surface area contributed by atoms with Crippen molar-refractivity contribution < 1.29 is 4.74 Å². The van der Waals surface area contributed by atoms with Crippen LogP contribution in [0.5, 0.6) is 5.88 Å². The molecule has 0 aliphatic carbocycles. The number of aromatic nitrogens is 1. The predicted octanol–water partition coefficient (Wildman–Crippen LogP) is 1.91. The van der Waals surface area contributed by atoms with E-state index in [0.717, 1.165) is 5.69 Å². The molecule has 66 valence electrons. The maximum atomic E-state index is 5.07. The number of pyridine rings is 1. The van der Waals surface area contributed by atoms with Crippen molar-refractivity contribution in [1.82, 2.24) is 4.98 Å². The maximum absolute atomic E-state index is 5.07. The van der Waals surface area contributed by atoms with Gasteiger partial charge in [0.25, 0.3) is 0 Å². The quantitative estimate of drug-likeness (QED) is 0.744. The van der Waals surface area contributed by atoms with Gasteiger partial charge in [0.15, 0.2) is 0 Å². The molecule has 0 aliphatic rings. The van der Waals surface area contributed by atoms with E-state index < -0.39 is 0 Å². The summed E-state index contributed by atoms with van der Waals surface area (Å²) in [6.45, 7) is 4.15. The van der Waals surface area contributed by atoms with Gasteiger partial charge in [0.2, 0.25) is 5.88 Å². The third-order valence-corrected chi connectivity index (χ3v) is 1.41. The summed E-state index contributed by atoms with van der Waals surface area (Å²) in [4.78, 5) is 4.07. The Morgan fingerprint density at radius 2 is 2.25 bits per heavy atom. The van der Waals surface area contributed by atoms with Crippen molar-refractivity contribution in [3.63, 3.8) is 0 Å². The molecule has 0 aliphatic heterocycles. The SMILES string of the molecule is COc1ncccc1NC(C)C. The van der Waals surface area contributed by atoms with Crippen LogP contribution < -0.4 is 10.1 Å². The molecule has 0 atom stereocenters. The molecule has 12 heavy (non-hydrogen) atoms. The molecule has 0 aromatic carbocycles. The normalized spacial score (nSPS) is 10.0. The molecule has 1 aromatic heterocycles. The maximum Gasteiger partial charge on any atom is 0.237 e. The van der Waals surface area contributed by atoms with E-state index in [9.17, 15) is 0 Å². The Kier molecular flexibility index (Phi) is 2.91. The molecule has 0 fully saturated rings. The van der Waals surface area contributed by atoms with E-state index in [4.69, 9.17) is 4.74 Å². The average molecular weight is 166 g/mol. The van der Waals surface area contributed by atoms with Gasteiger partial charge in [0.05, 0.1) is 12.8 Å². The molecule has 1 aromatic rings. The van der Waals surface area contributed by atoms with Crippen LogP contribution in [0.3, 0.4) is 0 Å². The Morgan fingerprint density at radius 1 is 1.50 bits per heavy atom. The summed E-state index contributed by atoms with van der Waals surface area (Å²) in [5.41, 5.74) is 0.940. The summed E-state index contributed by atoms with van der Waals surface area (Å²) in [5.74, 6) is 0.645. The topological polar surface area (TPSA) is 34.1 Å². The number of anilines is 1. The van der Waals surface area contributed by atoms with Gasteiger partial charge in [-0.3, -0.25) is 0 Å². The second kappa shape index (κ2) is 3.95. The standard InChI is InChI=1S/C9H14N2O/c1-7(2)11-8-5-4-6-10-9(8)12-3/h4-7,11H,1-3H3. The van der Waals surface area contributed by atoms with Crippen molar-refractivity contribution in [2.24, 2.45) is 0 Å². The van der Waals surface area contributed by atoms with Gasteiger partial charge in [-0.2, -0.15) is 0 Å². The number of ether oxygens (including phenoxy) is 1. The largest absolute Gasteiger partial charge is 0.480 e. The van der Waals surface area contributed by atoms with Gasteiger partial charge in [-0.05, 0) is 26.0 Å². The van der Waals surface area contributed by atoms with Gasteiger partial charge in [-0.15, -0.1) is 0 Å². The van der Waals surface area contributed by atoms with Crippen LogP contribution in [0.1, 0.15) is 13.8 Å². The fourth-order valence-corrected chi connectivity index (χ4v) is 0.974. The van der Waals surface area contributed by atoms with Gasteiger partial charge in [-0.1, -0.05) is 0 Å². The first-order valence-electron chi connectivity index (χ1n) is 3.99. The molecule has 3 heteroatoms. The summed E-state index contributed by atoms with van der Waals surface area (Å²) >= 11 is 0. The van der Waals surface area contributed by atoms with Crippen molar-refractivity contribution in [2.75, 3.05) is 12.4 Å². The monoisotopic (exact) mass is 166 g/mol. The molecule has 1 heterocycles. The molecule has 0 bridgehead atoms. The zero-order valence-corrected chi connectivity index (χ0v) is 7.66. The fraction of sp³-hybridized carbons (Fsp3) is 0.444. The number of nitrogens with one attached hydrogen (secondary N) is 1. The highest BCUT2D eigenvalue weighted by atomic mass is 16.5. The Hall–Kier alpha value is -1.25. The highest BCUT2D eigenvalue weighted by Crippen LogP contribution is 2.20. The molecule has 0 amide bonds. The van der Waals surface area contributed by atoms with Crippen molar-refractivity contribution in [3.8, 4) is 5.88 Å². The molecule has 0 unspecified atom stereocenters. The highest BCUT2D eigenvalue weighted by molar-refractivity contribution is 5.52. The van der Waals surface area contributed by atoms with Crippen LogP contribution in [0, 0.1) is 0 Å². The van der Waals surface area contributed by atoms with Crippen molar-refractivity contribution in [1.29, 1.82) is 0 Å². The third-order valence-electron chi connectivity index (χ3n) is 1.41. The zero-order chi connectivity index (χ0) is 8.97. The Bertz CT molecular complexity index is 248. The molecule has 0 saturated heterocycles. The van der Waals surface area contributed by atoms with E-state index in [1.165, 1.54) is 0 Å². The van der Waals surface area contributed by atoms with Crippen LogP contribution in [-0.2, 0) is 0 Å². The molecular formula is C9H14N2O. The van der Waals surface area contributed by atoms with E-state index in [0.29, 0.717) is 11.9 Å². The van der Waals surface area contributed by atoms with Crippen molar-refractivity contribution >= 4 is 5.69 Å². The second-order valence-electron chi connectivity index (χ2n) is 2.86. The van der Waals surface area contributed by atoms with E-state index in [1.807, 2.05) is 12.1 Å². The molecule has 0 radical (unpaired) electrons. The summed E-state index contributed by atoms with van der Waals surface area (Å²) in [7, 11) is 1.62. The van der Waals surface area contributed by atoms with Crippen molar-refractivity contribution in [3.05, 3.63) is 18.3 Å². The first-order chi connectivity index (χ1) is 5.74. The number of nitrogens with zero attached hydrogens (tertiary/aromatic N) is 1. The molecule has 0 spiro atoms. The second-order valence-corrected chi connectivity index (χ2v) is 2.86. The minimum absolute atomic E-state index is 0.392. The molecule has 0 saturated carbocycles. The third kappa shape index (κ3) is 2.12. The smallest absolute Gasteiger partial charge is 0.237 e. The van der Waals surface area contributed by atoms with E-state index >= 15 is 0 Å². The first kappa shape index (κ1) is 8.84. The van der Waals surface area contributed by atoms with Gasteiger partial charge in [0.1, 0.15) is 0 Å². The average Bonchev–Trinajstić information content (AvgIpc) is 2.04. The Morgan fingerprint density at radius 3 is 2.83 bits per heavy atom. The van der Waals surface area contributed by atoms with Crippen LogP contribution in [-0.4, -0.2) is 18.1 Å². The van der Waals surface area contributed by atoms with Crippen molar-refractivity contribution in [2.45, 2.75) is 19.9 Å². The Balaban J connectivity index is 2.82. The van der Waals surface area contributed by atoms with Gasteiger partial charge in [-0.25, -0.2) is 4.98 Å². The number of rotatable bonds is 3. The van der Waals surface area contributed by atoms with E-state index in [1.54, 1.807) is 13.3 Å². The lowest BCUT2D eigenvalue weighted by Crippen LogP contribution is -2.10. The number of hydrogen-bond acceptors (Lipinski definition) is 3. The van der Waals surface area contributed by atoms with Crippen LogP contribution >= 0.6 is 0 Å². The van der Waals surface area contributed by atoms with E-state index in [2.05, 4.69) is 24.1 Å². The fourth-order valence-electron chi connectivity index (χ4n) is 0.974. The van der Waals surface area contributed by atoms with Crippen LogP contribution in [0.2, 0.25) is 0 Å². The first-order valence-corrected chi connectivity index (χ1v) is 3.99. The Labute approximate surface area is 72.8 Å². The lowest BCUT2D eigenvalue weighted by atomic mass is 10.3. The van der Waals surface area contributed by atoms with Crippen LogP contribution in [0.15, 0.2) is 18.3 Å². The summed E-state index contributed by atoms with van der Waals surface area (Å²) in [5, 5.41) is 3.24. The molecule has 3 nitrogen and oxygen atoms in total. The van der Waals surface area contributed by atoms with Gasteiger partial charge in [0, 0.05) is 12.2 Å². The lowest BCUT2D eigenvalue weighted by molar-refractivity contribution is 0.399. The zero-order valence-electron chi connectivity index (χ0n) is 7.66. The summed E-state index contributed by atoms with van der Waals surface area (Å²) in [6, 6.07) is 4.22. The van der Waals surface area contributed by atoms with Crippen LogP contribution in [0.4, 0.5) is 5.69 Å². The molecular weight excluding hydrogens is 152 g/mol. The summed E-state index contributed by atoms with van der Waals surface area (Å²) < 4.78 is 5.07.